The van der Waals surface area contributed by atoms with E-state index in [-0.39, 0.29) is 17.7 Å². The summed E-state index contributed by atoms with van der Waals surface area (Å²) in [6.07, 6.45) is -0.544. The molecule has 0 aromatic heterocycles. The highest BCUT2D eigenvalue weighted by atomic mass is 79.9. The van der Waals surface area contributed by atoms with E-state index in [1.54, 1.807) is 0 Å². The lowest BCUT2D eigenvalue weighted by atomic mass is 10.1. The first-order valence-corrected chi connectivity index (χ1v) is 10.2. The Bertz CT molecular complexity index is 857. The van der Waals surface area contributed by atoms with Crippen molar-refractivity contribution in [3.63, 3.8) is 0 Å². The number of amides is 2. The van der Waals surface area contributed by atoms with Crippen molar-refractivity contribution >= 4 is 38.6 Å². The van der Waals surface area contributed by atoms with E-state index in [0.29, 0.717) is 0 Å². The molecule has 0 aliphatic rings. The van der Waals surface area contributed by atoms with Gasteiger partial charge in [-0.15, -0.1) is 0 Å². The Kier molecular flexibility index (Phi) is 11.6. The van der Waals surface area contributed by atoms with Crippen molar-refractivity contribution in [3.8, 4) is 0 Å². The molecular formula is C22H25BrN2O6. The van der Waals surface area contributed by atoms with Crippen LogP contribution in [0.3, 0.4) is 0 Å². The fraction of sp³-hybridized carbons (Fsp3) is 0.273. The molecule has 31 heavy (non-hydrogen) atoms. The Labute approximate surface area is 189 Å². The van der Waals surface area contributed by atoms with Gasteiger partial charge in [0.1, 0.15) is 18.7 Å². The number of ether oxygens (including phenoxy) is 1. The van der Waals surface area contributed by atoms with Gasteiger partial charge in [-0.25, -0.2) is 4.79 Å². The van der Waals surface area contributed by atoms with Gasteiger partial charge in [-0.3, -0.25) is 14.4 Å². The molecule has 8 nitrogen and oxygen atoms in total. The number of nitrogens with one attached hydrogen (secondary N) is 2. The first-order valence-electron chi connectivity index (χ1n) is 9.39. The van der Waals surface area contributed by atoms with Crippen molar-refractivity contribution in [1.29, 1.82) is 0 Å². The van der Waals surface area contributed by atoms with Gasteiger partial charge >= 0.3 is 12.1 Å². The van der Waals surface area contributed by atoms with Gasteiger partial charge in [0, 0.05) is 13.3 Å². The summed E-state index contributed by atoms with van der Waals surface area (Å²) in [4.78, 5) is 44.9. The predicted octanol–water partition coefficient (Wildman–Crippen LogP) is 3.04. The van der Waals surface area contributed by atoms with Crippen LogP contribution in [-0.4, -0.2) is 39.9 Å². The molecule has 0 aliphatic carbocycles. The summed E-state index contributed by atoms with van der Waals surface area (Å²) in [5.41, 5.74) is 1.64. The monoisotopic (exact) mass is 492 g/mol. The van der Waals surface area contributed by atoms with Gasteiger partial charge in [-0.1, -0.05) is 60.7 Å². The summed E-state index contributed by atoms with van der Waals surface area (Å²) in [5, 5.41) is 13.9. The zero-order chi connectivity index (χ0) is 23.2. The standard InChI is InChI=1S/C20H22N2O5.C2H3BrO/c1-14(19(24)25)21-18(23)17(12-15-8-4-2-5-9-15)22-20(26)27-13-16-10-6-3-7-11-16;1-2(3)4/h2-11,14,17H,12-13H2,1H3,(H,21,23)(H,22,26)(H,24,25);1H3/t14-,17+;/m0./s1. The minimum absolute atomic E-state index is 0.0208. The average Bonchev–Trinajstić information content (AvgIpc) is 2.72. The number of hydrogen-bond acceptors (Lipinski definition) is 5. The largest absolute Gasteiger partial charge is 0.480 e. The zero-order valence-electron chi connectivity index (χ0n) is 17.2. The molecule has 3 N–H and O–H groups in total. The molecule has 166 valence electrons. The molecule has 2 amide bonds. The van der Waals surface area contributed by atoms with Crippen molar-refractivity contribution < 1.29 is 29.0 Å². The molecule has 0 bridgehead atoms. The number of aliphatic carboxylic acids is 1. The molecule has 9 heteroatoms. The van der Waals surface area contributed by atoms with Crippen LogP contribution in [0.2, 0.25) is 0 Å². The smallest absolute Gasteiger partial charge is 0.408 e. The van der Waals surface area contributed by atoms with Gasteiger partial charge in [-0.2, -0.15) is 0 Å². The molecule has 0 spiro atoms. The number of carbonyl (C=O) groups excluding carboxylic acids is 3. The van der Waals surface area contributed by atoms with Crippen molar-refractivity contribution in [1.82, 2.24) is 10.6 Å². The molecule has 0 heterocycles. The van der Waals surface area contributed by atoms with Gasteiger partial charge in [0.2, 0.25) is 5.91 Å². The Balaban J connectivity index is 0.00000110. The molecule has 2 aromatic carbocycles. The summed E-state index contributed by atoms with van der Waals surface area (Å²) in [7, 11) is 0. The zero-order valence-corrected chi connectivity index (χ0v) is 18.8. The maximum atomic E-state index is 12.4. The lowest BCUT2D eigenvalue weighted by molar-refractivity contribution is -0.141. The number of rotatable bonds is 8. The topological polar surface area (TPSA) is 122 Å². The maximum absolute atomic E-state index is 12.4. The quantitative estimate of drug-likeness (QED) is 0.486. The van der Waals surface area contributed by atoms with Crippen molar-refractivity contribution in [2.75, 3.05) is 0 Å². The Morgan fingerprint density at radius 1 is 0.935 bits per heavy atom. The van der Waals surface area contributed by atoms with Crippen molar-refractivity contribution in [2.45, 2.75) is 39.0 Å². The van der Waals surface area contributed by atoms with E-state index in [1.807, 2.05) is 60.7 Å². The second-order valence-corrected chi connectivity index (χ2v) is 7.60. The van der Waals surface area contributed by atoms with Crippen LogP contribution >= 0.6 is 15.9 Å². The van der Waals surface area contributed by atoms with Crippen LogP contribution in [0.25, 0.3) is 0 Å². The first-order chi connectivity index (χ1) is 14.7. The van der Waals surface area contributed by atoms with E-state index in [2.05, 4.69) is 26.6 Å². The van der Waals surface area contributed by atoms with E-state index in [0.717, 1.165) is 11.1 Å². The minimum atomic E-state index is -1.16. The predicted molar refractivity (Wildman–Crippen MR) is 119 cm³/mol. The number of carboxylic acid groups (broad SMARTS) is 1. The molecule has 0 saturated carbocycles. The highest BCUT2D eigenvalue weighted by Crippen LogP contribution is 2.06. The van der Waals surface area contributed by atoms with Gasteiger partial charge in [0.25, 0.3) is 0 Å². The molecule has 0 aliphatic heterocycles. The molecular weight excluding hydrogens is 468 g/mol. The van der Waals surface area contributed by atoms with E-state index >= 15 is 0 Å². The molecule has 0 fully saturated rings. The summed E-state index contributed by atoms with van der Waals surface area (Å²) in [6.45, 7) is 2.87. The molecule has 2 aromatic rings. The highest BCUT2D eigenvalue weighted by Gasteiger charge is 2.25. The maximum Gasteiger partial charge on any atom is 0.408 e. The Hall–Kier alpha value is -3.20. The van der Waals surface area contributed by atoms with Crippen LogP contribution in [0.1, 0.15) is 25.0 Å². The second-order valence-electron chi connectivity index (χ2n) is 6.49. The van der Waals surface area contributed by atoms with Gasteiger partial charge in [-0.05, 0) is 34.0 Å². The Morgan fingerprint density at radius 2 is 1.42 bits per heavy atom. The number of halogens is 1. The van der Waals surface area contributed by atoms with Crippen molar-refractivity contribution in [3.05, 3.63) is 71.8 Å². The fourth-order valence-corrected chi connectivity index (χ4v) is 2.34. The average molecular weight is 493 g/mol. The SMILES string of the molecule is CC(=O)Br.C[C@H](NC(=O)[C@@H](Cc1ccccc1)NC(=O)OCc1ccccc1)C(=O)O. The van der Waals surface area contributed by atoms with Crippen LogP contribution < -0.4 is 10.6 Å². The van der Waals surface area contributed by atoms with Crippen LogP contribution in [0.4, 0.5) is 4.79 Å². The van der Waals surface area contributed by atoms with Gasteiger partial charge in [0.15, 0.2) is 4.69 Å². The summed E-state index contributed by atoms with van der Waals surface area (Å²) >= 11 is 2.63. The third kappa shape index (κ3) is 11.5. The first kappa shape index (κ1) is 25.8. The second kappa shape index (κ2) is 13.9. The van der Waals surface area contributed by atoms with E-state index in [4.69, 9.17) is 9.84 Å². The normalized spacial score (nSPS) is 11.7. The molecule has 2 rings (SSSR count). The van der Waals surface area contributed by atoms with Crippen LogP contribution in [0.15, 0.2) is 60.7 Å². The van der Waals surface area contributed by atoms with E-state index in [9.17, 15) is 19.2 Å². The van der Waals surface area contributed by atoms with Crippen LogP contribution in [-0.2, 0) is 32.1 Å². The number of carbonyl (C=O) groups is 4. The summed E-state index contributed by atoms with van der Waals surface area (Å²) in [5.74, 6) is -1.75. The summed E-state index contributed by atoms with van der Waals surface area (Å²) < 4.78 is 5.13. The lowest BCUT2D eigenvalue weighted by Gasteiger charge is -2.20. The minimum Gasteiger partial charge on any atom is -0.480 e. The fourth-order valence-electron chi connectivity index (χ4n) is 2.34. The number of benzene rings is 2. The third-order valence-corrected chi connectivity index (χ3v) is 3.83. The number of alkyl carbamates (subject to hydrolysis) is 1. The van der Waals surface area contributed by atoms with Crippen LogP contribution in [0.5, 0.6) is 0 Å². The molecule has 0 saturated heterocycles. The van der Waals surface area contributed by atoms with E-state index < -0.39 is 30.1 Å². The molecule has 0 radical (unpaired) electrons. The molecule has 2 atom stereocenters. The third-order valence-electron chi connectivity index (χ3n) is 3.83. The van der Waals surface area contributed by atoms with Crippen LogP contribution in [0, 0.1) is 0 Å². The number of hydrogen-bond donors (Lipinski definition) is 3. The summed E-state index contributed by atoms with van der Waals surface area (Å²) in [6, 6.07) is 16.2. The lowest BCUT2D eigenvalue weighted by Crippen LogP contribution is -2.51. The number of carboxylic acids is 1. The van der Waals surface area contributed by atoms with Crippen molar-refractivity contribution in [2.24, 2.45) is 0 Å². The Morgan fingerprint density at radius 3 is 1.90 bits per heavy atom. The van der Waals surface area contributed by atoms with E-state index in [1.165, 1.54) is 13.8 Å². The van der Waals surface area contributed by atoms with Gasteiger partial charge < -0.3 is 20.5 Å². The van der Waals surface area contributed by atoms with Gasteiger partial charge in [0.05, 0.1) is 0 Å². The molecule has 0 unspecified atom stereocenters. The highest BCUT2D eigenvalue weighted by molar-refractivity contribution is 9.18.